The van der Waals surface area contributed by atoms with Crippen LogP contribution in [-0.2, 0) is 19.0 Å². The monoisotopic (exact) mass is 334 g/mol. The Morgan fingerprint density at radius 1 is 1.21 bits per heavy atom. The van der Waals surface area contributed by atoms with Gasteiger partial charge in [0.15, 0.2) is 6.29 Å². The highest BCUT2D eigenvalue weighted by molar-refractivity contribution is 5.75. The smallest absolute Gasteiger partial charge is 0.311 e. The molecule has 4 nitrogen and oxygen atoms in total. The van der Waals surface area contributed by atoms with Gasteiger partial charge in [-0.05, 0) is 62.4 Å². The second kappa shape index (κ2) is 6.80. The normalized spacial score (nSPS) is 41.4. The molecule has 4 rings (SSSR count). The van der Waals surface area contributed by atoms with Crippen LogP contribution in [0, 0.1) is 23.7 Å². The van der Waals surface area contributed by atoms with Crippen LogP contribution in [0.25, 0.3) is 0 Å². The number of carbonyl (C=O) groups is 1. The Labute approximate surface area is 144 Å². The lowest BCUT2D eigenvalue weighted by molar-refractivity contribution is -0.212. The molecule has 0 spiro atoms. The molecule has 0 aromatic carbocycles. The standard InChI is InChI=1S/C20H30O4/c1-3-23-16-11-12-7-6-10-14-13-8-4-5-9-15(13)18(20(21)22-2)19(24-16)17(12)14/h12-13,15-16,18-19H,3-11H2,1-2H3/t12-,13+,15-,16-,18+,19-/m1/s1. The van der Waals surface area contributed by atoms with Crippen LogP contribution in [0.3, 0.4) is 0 Å². The van der Waals surface area contributed by atoms with E-state index in [0.29, 0.717) is 24.4 Å². The molecule has 0 unspecified atom stereocenters. The minimum Gasteiger partial charge on any atom is -0.469 e. The van der Waals surface area contributed by atoms with E-state index in [0.717, 1.165) is 12.8 Å². The molecule has 1 saturated carbocycles. The van der Waals surface area contributed by atoms with Crippen molar-refractivity contribution in [3.05, 3.63) is 11.1 Å². The van der Waals surface area contributed by atoms with E-state index in [9.17, 15) is 4.79 Å². The molecule has 0 aromatic rings. The van der Waals surface area contributed by atoms with Crippen LogP contribution in [0.2, 0.25) is 0 Å². The van der Waals surface area contributed by atoms with Gasteiger partial charge in [0.05, 0.1) is 19.1 Å². The molecule has 24 heavy (non-hydrogen) atoms. The fraction of sp³-hybridized carbons (Fsp3) is 0.850. The average molecular weight is 334 g/mol. The Hall–Kier alpha value is -0.870. The summed E-state index contributed by atoms with van der Waals surface area (Å²) in [6.45, 7) is 2.67. The summed E-state index contributed by atoms with van der Waals surface area (Å²) in [6, 6.07) is 0. The van der Waals surface area contributed by atoms with Gasteiger partial charge in [0.25, 0.3) is 0 Å². The van der Waals surface area contributed by atoms with E-state index < -0.39 is 0 Å². The highest BCUT2D eigenvalue weighted by Gasteiger charge is 2.53. The van der Waals surface area contributed by atoms with Gasteiger partial charge in [-0.25, -0.2) is 0 Å². The lowest BCUT2D eigenvalue weighted by Crippen LogP contribution is -2.53. The fourth-order valence-electron chi connectivity index (χ4n) is 5.94. The van der Waals surface area contributed by atoms with Crippen molar-refractivity contribution >= 4 is 5.97 Å². The maximum absolute atomic E-state index is 12.7. The van der Waals surface area contributed by atoms with Gasteiger partial charge in [-0.15, -0.1) is 0 Å². The summed E-state index contributed by atoms with van der Waals surface area (Å²) in [5.74, 6) is 1.31. The van der Waals surface area contributed by atoms with Gasteiger partial charge in [-0.1, -0.05) is 18.4 Å². The first-order valence-corrected chi connectivity index (χ1v) is 9.82. The maximum Gasteiger partial charge on any atom is 0.311 e. The number of methoxy groups -OCH3 is 1. The molecule has 4 aliphatic rings. The van der Waals surface area contributed by atoms with E-state index in [-0.39, 0.29) is 24.3 Å². The molecule has 3 aliphatic carbocycles. The molecule has 0 radical (unpaired) electrons. The van der Waals surface area contributed by atoms with Crippen LogP contribution < -0.4 is 0 Å². The largest absolute Gasteiger partial charge is 0.469 e. The molecule has 0 N–H and O–H groups in total. The van der Waals surface area contributed by atoms with Crippen LogP contribution >= 0.6 is 0 Å². The molecule has 4 heteroatoms. The van der Waals surface area contributed by atoms with Crippen LogP contribution in [0.15, 0.2) is 11.1 Å². The number of rotatable bonds is 3. The Morgan fingerprint density at radius 3 is 2.83 bits per heavy atom. The minimum absolute atomic E-state index is 0.0788. The zero-order valence-electron chi connectivity index (χ0n) is 15.0. The second-order valence-electron chi connectivity index (χ2n) is 7.85. The summed E-state index contributed by atoms with van der Waals surface area (Å²) in [7, 11) is 1.52. The highest BCUT2D eigenvalue weighted by atomic mass is 16.7. The predicted octanol–water partition coefficient (Wildman–Crippen LogP) is 3.84. The van der Waals surface area contributed by atoms with Gasteiger partial charge in [-0.2, -0.15) is 0 Å². The van der Waals surface area contributed by atoms with Gasteiger partial charge < -0.3 is 14.2 Å². The van der Waals surface area contributed by atoms with Gasteiger partial charge in [0.1, 0.15) is 0 Å². The number of hydrogen-bond donors (Lipinski definition) is 0. The third-order valence-electron chi connectivity index (χ3n) is 6.77. The molecule has 1 saturated heterocycles. The molecule has 6 atom stereocenters. The average Bonchev–Trinajstić information content (AvgIpc) is 2.62. The minimum atomic E-state index is -0.166. The fourth-order valence-corrected chi connectivity index (χ4v) is 5.94. The van der Waals surface area contributed by atoms with Crippen LogP contribution in [0.5, 0.6) is 0 Å². The van der Waals surface area contributed by atoms with Crippen molar-refractivity contribution in [3.8, 4) is 0 Å². The summed E-state index contributed by atoms with van der Waals surface area (Å²) in [5.41, 5.74) is 3.12. The van der Waals surface area contributed by atoms with Gasteiger partial charge in [0, 0.05) is 13.0 Å². The number of allylic oxidation sites excluding steroid dienone is 1. The third-order valence-corrected chi connectivity index (χ3v) is 6.77. The Morgan fingerprint density at radius 2 is 2.04 bits per heavy atom. The quantitative estimate of drug-likeness (QED) is 0.581. The zero-order valence-corrected chi connectivity index (χ0v) is 15.0. The maximum atomic E-state index is 12.7. The molecule has 1 aliphatic heterocycles. The van der Waals surface area contributed by atoms with Crippen molar-refractivity contribution in [2.45, 2.75) is 70.7 Å². The van der Waals surface area contributed by atoms with Crippen LogP contribution in [0.4, 0.5) is 0 Å². The molecule has 1 heterocycles. The van der Waals surface area contributed by atoms with Crippen molar-refractivity contribution in [3.63, 3.8) is 0 Å². The molecular formula is C20H30O4. The van der Waals surface area contributed by atoms with Gasteiger partial charge in [0.2, 0.25) is 0 Å². The number of carbonyl (C=O) groups excluding carboxylic acids is 1. The highest BCUT2D eigenvalue weighted by Crippen LogP contribution is 2.55. The lowest BCUT2D eigenvalue weighted by atomic mass is 9.57. The summed E-state index contributed by atoms with van der Waals surface area (Å²) in [6.07, 6.45) is 9.27. The molecule has 134 valence electrons. The number of fused-ring (bicyclic) bond motifs is 2. The Kier molecular flexibility index (Phi) is 4.70. The topological polar surface area (TPSA) is 44.8 Å². The van der Waals surface area contributed by atoms with Crippen molar-refractivity contribution < 1.29 is 19.0 Å². The van der Waals surface area contributed by atoms with E-state index >= 15 is 0 Å². The summed E-state index contributed by atoms with van der Waals surface area (Å²) in [4.78, 5) is 12.7. The predicted molar refractivity (Wildman–Crippen MR) is 90.2 cm³/mol. The lowest BCUT2D eigenvalue weighted by Gasteiger charge is -2.52. The third kappa shape index (κ3) is 2.62. The second-order valence-corrected chi connectivity index (χ2v) is 7.85. The van der Waals surface area contributed by atoms with E-state index in [1.54, 1.807) is 5.57 Å². The number of hydrogen-bond acceptors (Lipinski definition) is 4. The van der Waals surface area contributed by atoms with Crippen LogP contribution in [-0.4, -0.2) is 32.1 Å². The SMILES string of the molecule is CCO[C@H]1C[C@H]2CCCC3=C2[C@@H](O1)[C@@H](C(=O)OC)[C@@H]1CCCC[C@@H]31. The zero-order chi connectivity index (χ0) is 16.7. The van der Waals surface area contributed by atoms with Crippen molar-refractivity contribution in [2.75, 3.05) is 13.7 Å². The summed E-state index contributed by atoms with van der Waals surface area (Å²) < 4.78 is 17.4. The first kappa shape index (κ1) is 16.6. The first-order chi connectivity index (χ1) is 11.7. The molecular weight excluding hydrogens is 304 g/mol. The van der Waals surface area contributed by atoms with E-state index in [4.69, 9.17) is 14.2 Å². The molecule has 0 amide bonds. The summed E-state index contributed by atoms with van der Waals surface area (Å²) in [5, 5.41) is 0. The Bertz CT molecular complexity index is 526. The van der Waals surface area contributed by atoms with Crippen molar-refractivity contribution in [2.24, 2.45) is 23.7 Å². The van der Waals surface area contributed by atoms with Crippen molar-refractivity contribution in [1.29, 1.82) is 0 Å². The number of esters is 1. The molecule has 2 fully saturated rings. The van der Waals surface area contributed by atoms with Gasteiger partial charge in [-0.3, -0.25) is 4.79 Å². The molecule has 0 bridgehead atoms. The van der Waals surface area contributed by atoms with Crippen LogP contribution in [0.1, 0.15) is 58.3 Å². The Balaban J connectivity index is 1.75. The van der Waals surface area contributed by atoms with Crippen molar-refractivity contribution in [1.82, 2.24) is 0 Å². The number of ether oxygens (including phenoxy) is 3. The van der Waals surface area contributed by atoms with E-state index in [2.05, 4.69) is 0 Å². The first-order valence-electron chi connectivity index (χ1n) is 9.82. The van der Waals surface area contributed by atoms with Gasteiger partial charge >= 0.3 is 5.97 Å². The summed E-state index contributed by atoms with van der Waals surface area (Å²) >= 11 is 0. The molecule has 0 aromatic heterocycles. The van der Waals surface area contributed by atoms with E-state index in [1.165, 1.54) is 51.2 Å². The van der Waals surface area contributed by atoms with E-state index in [1.807, 2.05) is 6.92 Å².